The third-order valence-corrected chi connectivity index (χ3v) is 7.08. The van der Waals surface area contributed by atoms with Gasteiger partial charge in [-0.1, -0.05) is 13.8 Å². The van der Waals surface area contributed by atoms with E-state index in [1.54, 1.807) is 13.8 Å². The number of aliphatic carboxylic acids is 1. The second-order valence-corrected chi connectivity index (χ2v) is 10.4. The first-order valence-corrected chi connectivity index (χ1v) is 13.9. The zero-order chi connectivity index (χ0) is 29.5. The Morgan fingerprint density at radius 1 is 0.975 bits per heavy atom. The number of rotatable bonds is 17. The Morgan fingerprint density at radius 2 is 1.65 bits per heavy atom. The lowest BCUT2D eigenvalue weighted by Gasteiger charge is -2.24. The lowest BCUT2D eigenvalue weighted by Crippen LogP contribution is -2.53. The molecule has 0 spiro atoms. The molecule has 0 heterocycles. The van der Waals surface area contributed by atoms with E-state index in [-0.39, 0.29) is 45.1 Å². The van der Waals surface area contributed by atoms with Crippen LogP contribution in [0.4, 0.5) is 9.59 Å². The van der Waals surface area contributed by atoms with E-state index in [1.807, 2.05) is 0 Å². The number of carbonyl (C=O) groups is 5. The summed E-state index contributed by atoms with van der Waals surface area (Å²) in [6.07, 6.45) is 3.81. The molecule has 40 heavy (non-hydrogen) atoms. The molecule has 1 fully saturated rings. The van der Waals surface area contributed by atoms with E-state index < -0.39 is 42.0 Å². The summed E-state index contributed by atoms with van der Waals surface area (Å²) in [7, 11) is 0. The van der Waals surface area contributed by atoms with Crippen LogP contribution in [0.15, 0.2) is 0 Å². The molecule has 13 nitrogen and oxygen atoms in total. The van der Waals surface area contributed by atoms with Crippen molar-refractivity contribution in [1.29, 1.82) is 0 Å². The molecule has 2 aliphatic carbocycles. The normalized spacial score (nSPS) is 20.7. The molecule has 224 valence electrons. The zero-order valence-corrected chi connectivity index (χ0v) is 23.3. The summed E-state index contributed by atoms with van der Waals surface area (Å²) in [5, 5.41) is 19.5. The number of amides is 5. The van der Waals surface area contributed by atoms with Gasteiger partial charge in [0.05, 0.1) is 19.8 Å². The lowest BCUT2D eigenvalue weighted by atomic mass is 10.0. The molecule has 13 heteroatoms. The Labute approximate surface area is 235 Å². The standard InChI is InChI=1S/C27H43N5O8/c1-17(2)23(24(34)31-21(25(35)36)10-7-12-29-26(28)37)32-22(33)11-14-39-15-13-30-27(38)40-16-20-18-8-5-3-4-6-9-19(18)20/h17-21,23H,5-16H2,1-2H3,(H,30,38)(H,31,34)(H,32,33)(H,35,36)(H3,28,29,37)/t18?,19?,20?,21-,23+/m0/s1. The number of alkyl carbamates (subject to hydrolysis) is 1. The minimum absolute atomic E-state index is 0.0176. The number of fused-ring (bicyclic) bond motifs is 1. The van der Waals surface area contributed by atoms with Gasteiger partial charge in [-0.25, -0.2) is 14.4 Å². The van der Waals surface area contributed by atoms with E-state index in [4.69, 9.17) is 15.2 Å². The number of urea groups is 1. The van der Waals surface area contributed by atoms with Crippen LogP contribution < -0.4 is 27.0 Å². The predicted octanol–water partition coefficient (Wildman–Crippen LogP) is 0.718. The molecule has 0 aromatic heterocycles. The Morgan fingerprint density at radius 3 is 2.25 bits per heavy atom. The smallest absolute Gasteiger partial charge is 0.407 e. The van der Waals surface area contributed by atoms with Gasteiger partial charge in [-0.3, -0.25) is 9.59 Å². The first-order chi connectivity index (χ1) is 19.1. The number of carboxylic acid groups (broad SMARTS) is 1. The van der Waals surface area contributed by atoms with Gasteiger partial charge in [-0.2, -0.15) is 0 Å². The van der Waals surface area contributed by atoms with E-state index in [9.17, 15) is 29.1 Å². The van der Waals surface area contributed by atoms with Gasteiger partial charge in [-0.15, -0.1) is 11.8 Å². The summed E-state index contributed by atoms with van der Waals surface area (Å²) in [4.78, 5) is 59.3. The molecule has 5 amide bonds. The van der Waals surface area contributed by atoms with Crippen LogP contribution in [-0.2, 0) is 23.9 Å². The van der Waals surface area contributed by atoms with Crippen LogP contribution in [0.2, 0.25) is 0 Å². The zero-order valence-electron chi connectivity index (χ0n) is 23.3. The molecular weight excluding hydrogens is 522 g/mol. The average molecular weight is 566 g/mol. The Balaban J connectivity index is 1.59. The van der Waals surface area contributed by atoms with Crippen LogP contribution in [-0.4, -0.2) is 80.0 Å². The molecule has 0 radical (unpaired) electrons. The van der Waals surface area contributed by atoms with Crippen molar-refractivity contribution in [2.75, 3.05) is 32.9 Å². The van der Waals surface area contributed by atoms with Gasteiger partial charge in [0.15, 0.2) is 0 Å². The number of ether oxygens (including phenoxy) is 2. The summed E-state index contributed by atoms with van der Waals surface area (Å²) >= 11 is 0. The fourth-order valence-electron chi connectivity index (χ4n) is 4.81. The minimum atomic E-state index is -1.22. The number of nitrogens with two attached hydrogens (primary N) is 1. The summed E-state index contributed by atoms with van der Waals surface area (Å²) in [5.41, 5.74) is 4.98. The van der Waals surface area contributed by atoms with Crippen molar-refractivity contribution in [3.05, 3.63) is 0 Å². The fourth-order valence-corrected chi connectivity index (χ4v) is 4.81. The molecule has 0 saturated heterocycles. The van der Waals surface area contributed by atoms with Gasteiger partial charge < -0.3 is 41.6 Å². The van der Waals surface area contributed by atoms with Crippen LogP contribution in [0.5, 0.6) is 0 Å². The molecule has 0 aromatic rings. The van der Waals surface area contributed by atoms with Crippen molar-refractivity contribution < 1.29 is 38.6 Å². The van der Waals surface area contributed by atoms with E-state index in [2.05, 4.69) is 33.1 Å². The molecule has 0 bridgehead atoms. The monoisotopic (exact) mass is 565 g/mol. The third kappa shape index (κ3) is 12.1. The van der Waals surface area contributed by atoms with Crippen LogP contribution in [0, 0.1) is 35.5 Å². The maximum absolute atomic E-state index is 12.7. The molecule has 0 aromatic carbocycles. The van der Waals surface area contributed by atoms with E-state index in [0.717, 1.165) is 25.7 Å². The van der Waals surface area contributed by atoms with Gasteiger partial charge in [0.25, 0.3) is 0 Å². The third-order valence-electron chi connectivity index (χ3n) is 7.08. The predicted molar refractivity (Wildman–Crippen MR) is 145 cm³/mol. The molecule has 4 atom stereocenters. The molecule has 1 saturated carbocycles. The number of carbonyl (C=O) groups excluding carboxylic acids is 4. The molecular formula is C27H43N5O8. The SMILES string of the molecule is CC(C)[C@@H](NC(=O)CCOCCNC(=O)OCC1C2CCC#CCCC21)C(=O)N[C@@H](CCCNC(N)=O)C(=O)O. The largest absolute Gasteiger partial charge is 0.480 e. The van der Waals surface area contributed by atoms with E-state index in [0.29, 0.717) is 30.8 Å². The minimum Gasteiger partial charge on any atom is -0.480 e. The maximum atomic E-state index is 12.7. The number of carboxylic acids is 1. The van der Waals surface area contributed by atoms with Crippen molar-refractivity contribution in [2.24, 2.45) is 29.4 Å². The van der Waals surface area contributed by atoms with Crippen molar-refractivity contribution in [3.8, 4) is 11.8 Å². The van der Waals surface area contributed by atoms with Crippen LogP contribution in [0.3, 0.4) is 0 Å². The molecule has 2 rings (SSSR count). The van der Waals surface area contributed by atoms with E-state index >= 15 is 0 Å². The number of hydrogen-bond acceptors (Lipinski definition) is 7. The molecule has 2 aliphatic rings. The van der Waals surface area contributed by atoms with Crippen LogP contribution in [0.25, 0.3) is 0 Å². The number of nitrogens with one attached hydrogen (secondary N) is 4. The highest BCUT2D eigenvalue weighted by molar-refractivity contribution is 5.90. The highest BCUT2D eigenvalue weighted by atomic mass is 16.5. The summed E-state index contributed by atoms with van der Waals surface area (Å²) in [6, 6.07) is -2.84. The number of hydrogen-bond donors (Lipinski definition) is 6. The Kier molecular flexibility index (Phi) is 14.1. The number of primary amides is 1. The molecule has 7 N–H and O–H groups in total. The first-order valence-electron chi connectivity index (χ1n) is 13.9. The highest BCUT2D eigenvalue weighted by Gasteiger charge is 2.49. The second-order valence-electron chi connectivity index (χ2n) is 10.4. The van der Waals surface area contributed by atoms with Gasteiger partial charge >= 0.3 is 18.1 Å². The Bertz CT molecular complexity index is 929. The van der Waals surface area contributed by atoms with Gasteiger partial charge in [0.1, 0.15) is 12.1 Å². The summed E-state index contributed by atoms with van der Waals surface area (Å²) < 4.78 is 10.8. The van der Waals surface area contributed by atoms with E-state index in [1.165, 1.54) is 0 Å². The first kappa shape index (κ1) is 32.7. The van der Waals surface area contributed by atoms with Gasteiger partial charge in [0.2, 0.25) is 11.8 Å². The van der Waals surface area contributed by atoms with Crippen molar-refractivity contribution in [3.63, 3.8) is 0 Å². The van der Waals surface area contributed by atoms with Crippen LogP contribution in [0.1, 0.15) is 58.8 Å². The average Bonchev–Trinajstić information content (AvgIpc) is 3.53. The topological polar surface area (TPSA) is 198 Å². The van der Waals surface area contributed by atoms with Crippen LogP contribution >= 0.6 is 0 Å². The highest BCUT2D eigenvalue weighted by Crippen LogP contribution is 2.52. The summed E-state index contributed by atoms with van der Waals surface area (Å²) in [6.45, 7) is 4.54. The quantitative estimate of drug-likeness (QED) is 0.109. The van der Waals surface area contributed by atoms with Crippen molar-refractivity contribution in [1.82, 2.24) is 21.3 Å². The van der Waals surface area contributed by atoms with Crippen molar-refractivity contribution >= 4 is 29.9 Å². The maximum Gasteiger partial charge on any atom is 0.407 e. The second kappa shape index (κ2) is 17.2. The van der Waals surface area contributed by atoms with Crippen molar-refractivity contribution in [2.45, 2.75) is 70.9 Å². The fraction of sp³-hybridized carbons (Fsp3) is 0.741. The molecule has 2 unspecified atom stereocenters. The Hall–Kier alpha value is -3.53. The lowest BCUT2D eigenvalue weighted by molar-refractivity contribution is -0.142. The van der Waals surface area contributed by atoms with Gasteiger partial charge in [0, 0.05) is 32.4 Å². The summed E-state index contributed by atoms with van der Waals surface area (Å²) in [5.74, 6) is 5.38. The molecule has 0 aliphatic heterocycles. The van der Waals surface area contributed by atoms with Gasteiger partial charge in [-0.05, 0) is 49.4 Å².